The summed E-state index contributed by atoms with van der Waals surface area (Å²) in [6.07, 6.45) is 0. The SMILES string of the molecule is COc1cccc2oc3ccc(O)c(OC)c3c(=O)c12. The van der Waals surface area contributed by atoms with Gasteiger partial charge in [-0.1, -0.05) is 6.07 Å². The molecule has 0 amide bonds. The van der Waals surface area contributed by atoms with Crippen LogP contribution in [-0.4, -0.2) is 19.3 Å². The van der Waals surface area contributed by atoms with Crippen molar-refractivity contribution in [1.29, 1.82) is 0 Å². The molecule has 0 unspecified atom stereocenters. The molecule has 5 nitrogen and oxygen atoms in total. The molecule has 0 atom stereocenters. The van der Waals surface area contributed by atoms with Gasteiger partial charge in [-0.25, -0.2) is 0 Å². The summed E-state index contributed by atoms with van der Waals surface area (Å²) in [5.41, 5.74) is 0.478. The molecule has 0 aliphatic carbocycles. The number of hydrogen-bond acceptors (Lipinski definition) is 5. The van der Waals surface area contributed by atoms with Crippen LogP contribution in [0.1, 0.15) is 0 Å². The van der Waals surface area contributed by atoms with E-state index in [-0.39, 0.29) is 22.3 Å². The Bertz CT molecular complexity index is 863. The lowest BCUT2D eigenvalue weighted by atomic mass is 10.1. The first-order valence-corrected chi connectivity index (χ1v) is 5.97. The van der Waals surface area contributed by atoms with E-state index in [0.717, 1.165) is 0 Å². The highest BCUT2D eigenvalue weighted by Crippen LogP contribution is 2.35. The summed E-state index contributed by atoms with van der Waals surface area (Å²) >= 11 is 0. The Kier molecular flexibility index (Phi) is 2.75. The summed E-state index contributed by atoms with van der Waals surface area (Å²) in [5, 5.41) is 10.3. The summed E-state index contributed by atoms with van der Waals surface area (Å²) in [6.45, 7) is 0. The molecule has 1 N–H and O–H groups in total. The van der Waals surface area contributed by atoms with E-state index >= 15 is 0 Å². The molecule has 1 aromatic heterocycles. The molecule has 3 aromatic rings. The second-order valence-corrected chi connectivity index (χ2v) is 4.26. The largest absolute Gasteiger partial charge is 0.504 e. The van der Waals surface area contributed by atoms with Crippen LogP contribution in [0, 0.1) is 0 Å². The van der Waals surface area contributed by atoms with Crippen molar-refractivity contribution < 1.29 is 19.0 Å². The van der Waals surface area contributed by atoms with E-state index in [1.807, 2.05) is 0 Å². The van der Waals surface area contributed by atoms with Crippen LogP contribution in [0.5, 0.6) is 17.2 Å². The zero-order chi connectivity index (χ0) is 14.3. The van der Waals surface area contributed by atoms with Crippen molar-refractivity contribution in [3.8, 4) is 17.2 Å². The number of phenols is 1. The zero-order valence-corrected chi connectivity index (χ0v) is 11.0. The van der Waals surface area contributed by atoms with Crippen molar-refractivity contribution in [2.45, 2.75) is 0 Å². The van der Waals surface area contributed by atoms with Crippen LogP contribution in [0.4, 0.5) is 0 Å². The van der Waals surface area contributed by atoms with E-state index in [2.05, 4.69) is 0 Å². The molecule has 20 heavy (non-hydrogen) atoms. The maximum absolute atomic E-state index is 12.7. The van der Waals surface area contributed by atoms with Crippen LogP contribution in [0.25, 0.3) is 21.9 Å². The summed E-state index contributed by atoms with van der Waals surface area (Å²) in [7, 11) is 2.87. The number of methoxy groups -OCH3 is 2. The van der Waals surface area contributed by atoms with Gasteiger partial charge in [0.15, 0.2) is 11.5 Å². The van der Waals surface area contributed by atoms with E-state index in [4.69, 9.17) is 13.9 Å². The average molecular weight is 272 g/mol. The third-order valence-electron chi connectivity index (χ3n) is 3.18. The Morgan fingerprint density at radius 1 is 1.00 bits per heavy atom. The quantitative estimate of drug-likeness (QED) is 0.726. The molecule has 0 fully saturated rings. The van der Waals surface area contributed by atoms with Crippen molar-refractivity contribution in [3.05, 3.63) is 40.6 Å². The molecule has 0 radical (unpaired) electrons. The monoisotopic (exact) mass is 272 g/mol. The number of hydrogen-bond donors (Lipinski definition) is 1. The van der Waals surface area contributed by atoms with E-state index in [9.17, 15) is 9.90 Å². The van der Waals surface area contributed by atoms with Gasteiger partial charge in [-0.3, -0.25) is 4.79 Å². The van der Waals surface area contributed by atoms with Gasteiger partial charge in [0.05, 0.1) is 14.2 Å². The molecule has 0 aliphatic heterocycles. The van der Waals surface area contributed by atoms with E-state index < -0.39 is 0 Å². The molecule has 3 rings (SSSR count). The maximum Gasteiger partial charge on any atom is 0.208 e. The van der Waals surface area contributed by atoms with E-state index in [0.29, 0.717) is 22.3 Å². The average Bonchev–Trinajstić information content (AvgIpc) is 2.47. The van der Waals surface area contributed by atoms with Crippen molar-refractivity contribution in [1.82, 2.24) is 0 Å². The topological polar surface area (TPSA) is 68.9 Å². The normalized spacial score (nSPS) is 10.9. The summed E-state index contributed by atoms with van der Waals surface area (Å²) < 4.78 is 16.0. The maximum atomic E-state index is 12.7. The minimum absolute atomic E-state index is 0.101. The van der Waals surface area contributed by atoms with Crippen LogP contribution < -0.4 is 14.9 Å². The third-order valence-corrected chi connectivity index (χ3v) is 3.18. The van der Waals surface area contributed by atoms with E-state index in [1.165, 1.54) is 26.4 Å². The predicted octanol–water partition coefficient (Wildman–Crippen LogP) is 2.67. The number of fused-ring (bicyclic) bond motifs is 2. The molecule has 0 aliphatic rings. The standard InChI is InChI=1S/C15H12O5/c1-18-9-4-3-5-10-12(9)14(17)13-11(20-10)7-6-8(16)15(13)19-2/h3-7,16H,1-2H3. The Morgan fingerprint density at radius 2 is 1.75 bits per heavy atom. The van der Waals surface area contributed by atoms with Crippen LogP contribution in [0.15, 0.2) is 39.5 Å². The first kappa shape index (κ1) is 12.3. The van der Waals surface area contributed by atoms with Crippen molar-refractivity contribution in [2.24, 2.45) is 0 Å². The van der Waals surface area contributed by atoms with Gasteiger partial charge in [-0.2, -0.15) is 0 Å². The molecule has 0 spiro atoms. The fraction of sp³-hybridized carbons (Fsp3) is 0.133. The first-order chi connectivity index (χ1) is 9.67. The van der Waals surface area contributed by atoms with Crippen LogP contribution in [0.2, 0.25) is 0 Å². The molecule has 0 bridgehead atoms. The number of rotatable bonds is 2. The lowest BCUT2D eigenvalue weighted by Gasteiger charge is -2.09. The molecule has 102 valence electrons. The minimum Gasteiger partial charge on any atom is -0.504 e. The third kappa shape index (κ3) is 1.60. The summed E-state index contributed by atoms with van der Waals surface area (Å²) in [6, 6.07) is 8.08. The molecule has 2 aromatic carbocycles. The smallest absolute Gasteiger partial charge is 0.208 e. The Balaban J connectivity index is 2.60. The molecule has 1 heterocycles. The lowest BCUT2D eigenvalue weighted by molar-refractivity contribution is 0.377. The first-order valence-electron chi connectivity index (χ1n) is 5.97. The number of phenolic OH excluding ortho intramolecular Hbond substituents is 1. The number of benzene rings is 2. The van der Waals surface area contributed by atoms with Crippen molar-refractivity contribution >= 4 is 21.9 Å². The van der Waals surface area contributed by atoms with Gasteiger partial charge in [0.1, 0.15) is 27.7 Å². The highest BCUT2D eigenvalue weighted by molar-refractivity contribution is 5.96. The zero-order valence-electron chi connectivity index (χ0n) is 11.0. The van der Waals surface area contributed by atoms with Gasteiger partial charge in [-0.05, 0) is 24.3 Å². The summed E-state index contributed by atoms with van der Waals surface area (Å²) in [4.78, 5) is 12.7. The van der Waals surface area contributed by atoms with Gasteiger partial charge in [0.25, 0.3) is 0 Å². The van der Waals surface area contributed by atoms with Gasteiger partial charge >= 0.3 is 0 Å². The van der Waals surface area contributed by atoms with Crippen LogP contribution in [0.3, 0.4) is 0 Å². The fourth-order valence-electron chi connectivity index (χ4n) is 2.29. The van der Waals surface area contributed by atoms with Gasteiger partial charge in [-0.15, -0.1) is 0 Å². The van der Waals surface area contributed by atoms with Crippen molar-refractivity contribution in [3.63, 3.8) is 0 Å². The fourth-order valence-corrected chi connectivity index (χ4v) is 2.29. The Labute approximate surface area is 114 Å². The number of aromatic hydroxyl groups is 1. The highest BCUT2D eigenvalue weighted by Gasteiger charge is 2.17. The lowest BCUT2D eigenvalue weighted by Crippen LogP contribution is -2.05. The molecule has 0 saturated carbocycles. The van der Waals surface area contributed by atoms with Gasteiger partial charge in [0, 0.05) is 0 Å². The molecular weight excluding hydrogens is 260 g/mol. The van der Waals surface area contributed by atoms with Crippen molar-refractivity contribution in [2.75, 3.05) is 14.2 Å². The second-order valence-electron chi connectivity index (χ2n) is 4.26. The highest BCUT2D eigenvalue weighted by atomic mass is 16.5. The molecular formula is C15H12O5. The van der Waals surface area contributed by atoms with Crippen LogP contribution >= 0.6 is 0 Å². The molecule has 0 saturated heterocycles. The Hall–Kier alpha value is -2.69. The minimum atomic E-state index is -0.300. The van der Waals surface area contributed by atoms with Gasteiger partial charge < -0.3 is 19.0 Å². The van der Waals surface area contributed by atoms with Gasteiger partial charge in [0.2, 0.25) is 5.43 Å². The summed E-state index contributed by atoms with van der Waals surface area (Å²) in [5.74, 6) is 0.411. The predicted molar refractivity (Wildman–Crippen MR) is 74.8 cm³/mol. The second kappa shape index (κ2) is 4.45. The van der Waals surface area contributed by atoms with Crippen LogP contribution in [-0.2, 0) is 0 Å². The van der Waals surface area contributed by atoms with E-state index in [1.54, 1.807) is 18.2 Å². The Morgan fingerprint density at radius 3 is 2.45 bits per heavy atom. The number of ether oxygens (including phenoxy) is 2. The molecule has 5 heteroatoms.